The Morgan fingerprint density at radius 2 is 2.14 bits per heavy atom. The highest BCUT2D eigenvalue weighted by molar-refractivity contribution is 4.39. The Hall–Kier alpha value is -0.0800. The lowest BCUT2D eigenvalue weighted by Gasteiger charge is -1.98. The van der Waals surface area contributed by atoms with E-state index in [1.165, 1.54) is 0 Å². The van der Waals surface area contributed by atoms with Gasteiger partial charge < -0.3 is 0 Å². The number of rotatable bonds is 3. The Labute approximate surface area is 44.0 Å². The van der Waals surface area contributed by atoms with Gasteiger partial charge in [-0.25, -0.2) is 4.89 Å². The zero-order valence-corrected chi connectivity index (χ0v) is 4.85. The molecule has 0 atom stereocenters. The van der Waals surface area contributed by atoms with Crippen LogP contribution in [0.3, 0.4) is 0 Å². The lowest BCUT2D eigenvalue weighted by atomic mass is 10.1. The fraction of sp³-hybridized carbons (Fsp3) is 1.00. The second-order valence-electron chi connectivity index (χ2n) is 2.02. The topological polar surface area (TPSA) is 29.5 Å². The highest BCUT2D eigenvalue weighted by Gasteiger charge is 1.90. The van der Waals surface area contributed by atoms with Crippen molar-refractivity contribution in [3.8, 4) is 0 Å². The minimum Gasteiger partial charge on any atom is -0.252 e. The van der Waals surface area contributed by atoms with Crippen LogP contribution < -0.4 is 0 Å². The van der Waals surface area contributed by atoms with E-state index in [1.54, 1.807) is 0 Å². The molecule has 0 rings (SSSR count). The maximum Gasteiger partial charge on any atom is 0.0822 e. The molecule has 0 saturated carbocycles. The third kappa shape index (κ3) is 5.92. The first-order valence-corrected chi connectivity index (χ1v) is 2.53. The summed E-state index contributed by atoms with van der Waals surface area (Å²) in [6.45, 7) is 4.62. The molecule has 0 amide bonds. The molecule has 0 aliphatic heterocycles. The van der Waals surface area contributed by atoms with Gasteiger partial charge >= 0.3 is 0 Å². The lowest BCUT2D eigenvalue weighted by molar-refractivity contribution is -0.243. The Kier molecular flexibility index (Phi) is 4.04. The molecule has 0 aliphatic carbocycles. The highest BCUT2D eigenvalue weighted by atomic mass is 17.1. The Morgan fingerprint density at radius 1 is 1.57 bits per heavy atom. The van der Waals surface area contributed by atoms with Gasteiger partial charge in [-0.15, -0.1) is 0 Å². The first kappa shape index (κ1) is 6.92. The Morgan fingerprint density at radius 3 is 2.29 bits per heavy atom. The van der Waals surface area contributed by atoms with Crippen LogP contribution in [0, 0.1) is 5.92 Å². The summed E-state index contributed by atoms with van der Waals surface area (Å²) in [6.07, 6.45) is 0.927. The standard InChI is InChI=1S/C5H12O2/c1-5(2)3-4-7-6/h5-6H,3-4H2,1-2H3. The third-order valence-electron chi connectivity index (χ3n) is 0.786. The van der Waals surface area contributed by atoms with Gasteiger partial charge in [0.2, 0.25) is 0 Å². The lowest BCUT2D eigenvalue weighted by Crippen LogP contribution is -1.94. The van der Waals surface area contributed by atoms with Gasteiger partial charge in [0.25, 0.3) is 0 Å². The van der Waals surface area contributed by atoms with Gasteiger partial charge in [0.1, 0.15) is 0 Å². The zero-order chi connectivity index (χ0) is 5.70. The second-order valence-corrected chi connectivity index (χ2v) is 2.02. The molecule has 0 aliphatic rings. The average Bonchev–Trinajstić information content (AvgIpc) is 1.61. The quantitative estimate of drug-likeness (QED) is 0.434. The summed E-state index contributed by atoms with van der Waals surface area (Å²) in [4.78, 5) is 3.85. The highest BCUT2D eigenvalue weighted by Crippen LogP contribution is 1.96. The van der Waals surface area contributed by atoms with Gasteiger partial charge in [-0.05, 0) is 12.3 Å². The van der Waals surface area contributed by atoms with Gasteiger partial charge in [0.05, 0.1) is 6.61 Å². The maximum atomic E-state index is 7.82. The molecule has 44 valence electrons. The molecule has 0 fully saturated rings. The largest absolute Gasteiger partial charge is 0.252 e. The van der Waals surface area contributed by atoms with Gasteiger partial charge in [0, 0.05) is 0 Å². The Balaban J connectivity index is 2.68. The average molecular weight is 104 g/mol. The predicted molar refractivity (Wildman–Crippen MR) is 28.0 cm³/mol. The number of hydrogen-bond acceptors (Lipinski definition) is 2. The van der Waals surface area contributed by atoms with Crippen LogP contribution >= 0.6 is 0 Å². The fourth-order valence-electron chi connectivity index (χ4n) is 0.288. The van der Waals surface area contributed by atoms with Gasteiger partial charge in [-0.2, -0.15) is 0 Å². The fourth-order valence-corrected chi connectivity index (χ4v) is 0.288. The van der Waals surface area contributed by atoms with Gasteiger partial charge in [-0.3, -0.25) is 5.26 Å². The molecule has 0 heterocycles. The van der Waals surface area contributed by atoms with Crippen molar-refractivity contribution in [2.45, 2.75) is 20.3 Å². The van der Waals surface area contributed by atoms with Crippen LogP contribution in [0.15, 0.2) is 0 Å². The molecule has 2 nitrogen and oxygen atoms in total. The molecule has 0 aromatic heterocycles. The molecule has 0 aromatic carbocycles. The SMILES string of the molecule is CC(C)CCOO. The molecule has 1 N–H and O–H groups in total. The molecule has 0 aromatic rings. The van der Waals surface area contributed by atoms with Crippen LogP contribution in [0.1, 0.15) is 20.3 Å². The molecule has 0 unspecified atom stereocenters. The van der Waals surface area contributed by atoms with E-state index in [2.05, 4.69) is 18.7 Å². The summed E-state index contributed by atoms with van der Waals surface area (Å²) in [5.41, 5.74) is 0. The van der Waals surface area contributed by atoms with Crippen LogP contribution in [0.2, 0.25) is 0 Å². The van der Waals surface area contributed by atoms with E-state index < -0.39 is 0 Å². The normalized spacial score (nSPS) is 10.3. The molecule has 0 saturated heterocycles. The van der Waals surface area contributed by atoms with Crippen LogP contribution in [0.25, 0.3) is 0 Å². The van der Waals surface area contributed by atoms with E-state index in [1.807, 2.05) is 0 Å². The summed E-state index contributed by atoms with van der Waals surface area (Å²) in [7, 11) is 0. The van der Waals surface area contributed by atoms with Crippen molar-refractivity contribution in [2.75, 3.05) is 6.61 Å². The van der Waals surface area contributed by atoms with E-state index in [-0.39, 0.29) is 0 Å². The van der Waals surface area contributed by atoms with Crippen molar-refractivity contribution in [2.24, 2.45) is 5.92 Å². The smallest absolute Gasteiger partial charge is 0.0822 e. The minimum absolute atomic E-state index is 0.456. The van der Waals surface area contributed by atoms with Crippen molar-refractivity contribution in [1.82, 2.24) is 0 Å². The predicted octanol–water partition coefficient (Wildman–Crippen LogP) is 1.52. The monoisotopic (exact) mass is 104 g/mol. The molecule has 0 spiro atoms. The van der Waals surface area contributed by atoms with E-state index in [4.69, 9.17) is 5.26 Å². The minimum atomic E-state index is 0.456. The number of hydrogen-bond donors (Lipinski definition) is 1. The molecular weight excluding hydrogens is 92.1 g/mol. The van der Waals surface area contributed by atoms with E-state index in [9.17, 15) is 0 Å². The Bertz CT molecular complexity index is 35.1. The molecule has 7 heavy (non-hydrogen) atoms. The van der Waals surface area contributed by atoms with Crippen LogP contribution in [0.4, 0.5) is 0 Å². The van der Waals surface area contributed by atoms with Crippen molar-refractivity contribution in [3.63, 3.8) is 0 Å². The summed E-state index contributed by atoms with van der Waals surface area (Å²) in [6, 6.07) is 0. The maximum absolute atomic E-state index is 7.82. The van der Waals surface area contributed by atoms with E-state index in [0.717, 1.165) is 6.42 Å². The van der Waals surface area contributed by atoms with Crippen molar-refractivity contribution in [1.29, 1.82) is 0 Å². The second kappa shape index (κ2) is 4.09. The zero-order valence-electron chi connectivity index (χ0n) is 4.85. The van der Waals surface area contributed by atoms with Crippen LogP contribution in [0.5, 0.6) is 0 Å². The van der Waals surface area contributed by atoms with E-state index >= 15 is 0 Å². The van der Waals surface area contributed by atoms with Crippen LogP contribution in [-0.4, -0.2) is 11.9 Å². The van der Waals surface area contributed by atoms with Crippen LogP contribution in [-0.2, 0) is 4.89 Å². The molecule has 2 heteroatoms. The van der Waals surface area contributed by atoms with E-state index in [0.29, 0.717) is 12.5 Å². The summed E-state index contributed by atoms with van der Waals surface area (Å²) in [5.74, 6) is 0.618. The summed E-state index contributed by atoms with van der Waals surface area (Å²) < 4.78 is 0. The molecular formula is C5H12O2. The summed E-state index contributed by atoms with van der Waals surface area (Å²) >= 11 is 0. The van der Waals surface area contributed by atoms with Gasteiger partial charge in [-0.1, -0.05) is 13.8 Å². The third-order valence-corrected chi connectivity index (χ3v) is 0.786. The van der Waals surface area contributed by atoms with Crippen molar-refractivity contribution < 1.29 is 10.1 Å². The van der Waals surface area contributed by atoms with Crippen molar-refractivity contribution in [3.05, 3.63) is 0 Å². The summed E-state index contributed by atoms with van der Waals surface area (Å²) in [5, 5.41) is 7.82. The first-order chi connectivity index (χ1) is 3.27. The van der Waals surface area contributed by atoms with Gasteiger partial charge in [0.15, 0.2) is 0 Å². The first-order valence-electron chi connectivity index (χ1n) is 2.53. The molecule has 0 bridgehead atoms. The van der Waals surface area contributed by atoms with Crippen molar-refractivity contribution >= 4 is 0 Å². The molecule has 0 radical (unpaired) electrons.